The van der Waals surface area contributed by atoms with Crippen molar-refractivity contribution in [3.8, 4) is 29.1 Å². The zero-order chi connectivity index (χ0) is 16.2. The van der Waals surface area contributed by atoms with E-state index in [1.54, 1.807) is 25.3 Å². The van der Waals surface area contributed by atoms with Crippen LogP contribution in [-0.2, 0) is 6.61 Å². The number of methoxy groups -OCH3 is 1. The maximum Gasteiger partial charge on any atom is 0.162 e. The van der Waals surface area contributed by atoms with Crippen LogP contribution in [0.3, 0.4) is 0 Å². The number of benzene rings is 2. The highest BCUT2D eigenvalue weighted by Gasteiger charge is 2.15. The number of hydrogen-bond acceptors (Lipinski definition) is 5. The van der Waals surface area contributed by atoms with Crippen LogP contribution in [0.4, 0.5) is 0 Å². The molecule has 1 aliphatic rings. The van der Waals surface area contributed by atoms with E-state index in [1.165, 1.54) is 0 Å². The fourth-order valence-corrected chi connectivity index (χ4v) is 2.67. The van der Waals surface area contributed by atoms with E-state index in [1.807, 2.05) is 12.1 Å². The summed E-state index contributed by atoms with van der Waals surface area (Å²) < 4.78 is 23.1. The van der Waals surface area contributed by atoms with Gasteiger partial charge < -0.3 is 18.9 Å². The van der Waals surface area contributed by atoms with Crippen LogP contribution in [0.2, 0.25) is 0 Å². The quantitative estimate of drug-likeness (QED) is 0.815. The Bertz CT molecular complexity index is 770. The molecular formula is C17H14BrNO4. The molecule has 0 fully saturated rings. The average Bonchev–Trinajstić information content (AvgIpc) is 2.59. The van der Waals surface area contributed by atoms with Gasteiger partial charge in [0.15, 0.2) is 23.0 Å². The van der Waals surface area contributed by atoms with E-state index in [9.17, 15) is 0 Å². The Morgan fingerprint density at radius 1 is 1.13 bits per heavy atom. The summed E-state index contributed by atoms with van der Waals surface area (Å²) in [6, 6.07) is 10.9. The third-order valence-electron chi connectivity index (χ3n) is 3.39. The molecule has 0 N–H and O–H groups in total. The maximum absolute atomic E-state index is 8.93. The van der Waals surface area contributed by atoms with Gasteiger partial charge in [0, 0.05) is 16.1 Å². The van der Waals surface area contributed by atoms with Crippen LogP contribution in [0.5, 0.6) is 23.0 Å². The van der Waals surface area contributed by atoms with Gasteiger partial charge in [-0.25, -0.2) is 0 Å². The van der Waals surface area contributed by atoms with Crippen molar-refractivity contribution in [2.75, 3.05) is 20.3 Å². The fourth-order valence-electron chi connectivity index (χ4n) is 2.23. The van der Waals surface area contributed by atoms with Gasteiger partial charge in [0.05, 0.1) is 18.7 Å². The average molecular weight is 376 g/mol. The van der Waals surface area contributed by atoms with Crippen molar-refractivity contribution in [3.05, 3.63) is 45.9 Å². The van der Waals surface area contributed by atoms with Crippen molar-refractivity contribution in [2.45, 2.75) is 6.61 Å². The molecule has 2 aromatic rings. The molecule has 0 unspecified atom stereocenters. The Labute approximate surface area is 142 Å². The third kappa shape index (κ3) is 3.35. The van der Waals surface area contributed by atoms with Crippen molar-refractivity contribution >= 4 is 15.9 Å². The Morgan fingerprint density at radius 3 is 2.57 bits per heavy atom. The molecule has 3 rings (SSSR count). The third-order valence-corrected chi connectivity index (χ3v) is 4.13. The second kappa shape index (κ2) is 6.80. The van der Waals surface area contributed by atoms with Gasteiger partial charge in [0.2, 0.25) is 0 Å². The molecule has 6 heteroatoms. The Hall–Kier alpha value is -2.39. The van der Waals surface area contributed by atoms with Crippen molar-refractivity contribution in [3.63, 3.8) is 0 Å². The number of nitrogens with zero attached hydrogens (tertiary/aromatic N) is 1. The largest absolute Gasteiger partial charge is 0.493 e. The Kier molecular flexibility index (Phi) is 4.58. The lowest BCUT2D eigenvalue weighted by molar-refractivity contribution is 0.170. The molecule has 0 radical (unpaired) electrons. The van der Waals surface area contributed by atoms with Crippen molar-refractivity contribution in [2.24, 2.45) is 0 Å². The van der Waals surface area contributed by atoms with Gasteiger partial charge in [-0.2, -0.15) is 5.26 Å². The van der Waals surface area contributed by atoms with E-state index in [0.29, 0.717) is 42.6 Å². The molecule has 0 aliphatic carbocycles. The van der Waals surface area contributed by atoms with Crippen LogP contribution in [0.15, 0.2) is 34.8 Å². The van der Waals surface area contributed by atoms with Gasteiger partial charge in [0.25, 0.3) is 0 Å². The minimum absolute atomic E-state index is 0.333. The molecule has 0 atom stereocenters. The van der Waals surface area contributed by atoms with E-state index in [0.717, 1.165) is 15.8 Å². The summed E-state index contributed by atoms with van der Waals surface area (Å²) >= 11 is 3.52. The summed E-state index contributed by atoms with van der Waals surface area (Å²) in [6.07, 6.45) is 0. The van der Waals surface area contributed by atoms with Crippen LogP contribution in [0.25, 0.3) is 0 Å². The summed E-state index contributed by atoms with van der Waals surface area (Å²) in [4.78, 5) is 0. The first-order chi connectivity index (χ1) is 11.2. The van der Waals surface area contributed by atoms with Crippen molar-refractivity contribution < 1.29 is 18.9 Å². The molecule has 0 saturated carbocycles. The van der Waals surface area contributed by atoms with Gasteiger partial charge >= 0.3 is 0 Å². The Morgan fingerprint density at radius 2 is 1.87 bits per heavy atom. The van der Waals surface area contributed by atoms with E-state index >= 15 is 0 Å². The highest BCUT2D eigenvalue weighted by Crippen LogP contribution is 2.36. The molecule has 118 valence electrons. The predicted molar refractivity (Wildman–Crippen MR) is 87.2 cm³/mol. The summed E-state index contributed by atoms with van der Waals surface area (Å²) in [5.41, 5.74) is 1.45. The minimum Gasteiger partial charge on any atom is -0.493 e. The first kappa shape index (κ1) is 15.5. The van der Waals surface area contributed by atoms with Crippen LogP contribution in [0, 0.1) is 11.3 Å². The second-order valence-electron chi connectivity index (χ2n) is 4.85. The van der Waals surface area contributed by atoms with Crippen LogP contribution >= 0.6 is 15.9 Å². The number of halogens is 1. The smallest absolute Gasteiger partial charge is 0.162 e. The summed E-state index contributed by atoms with van der Waals surface area (Å²) in [5.74, 6) is 2.54. The number of hydrogen-bond donors (Lipinski definition) is 0. The zero-order valence-corrected chi connectivity index (χ0v) is 14.1. The molecule has 1 aliphatic heterocycles. The molecule has 1 heterocycles. The number of rotatable bonds is 4. The molecule has 23 heavy (non-hydrogen) atoms. The second-order valence-corrected chi connectivity index (χ2v) is 5.71. The number of fused-ring (bicyclic) bond motifs is 1. The zero-order valence-electron chi connectivity index (χ0n) is 12.5. The molecule has 0 bridgehead atoms. The topological polar surface area (TPSA) is 60.7 Å². The lowest BCUT2D eigenvalue weighted by Gasteiger charge is -2.20. The normalized spacial score (nSPS) is 12.4. The lowest BCUT2D eigenvalue weighted by Crippen LogP contribution is -2.15. The highest BCUT2D eigenvalue weighted by molar-refractivity contribution is 9.10. The van der Waals surface area contributed by atoms with Gasteiger partial charge in [-0.1, -0.05) is 15.9 Å². The van der Waals surface area contributed by atoms with E-state index in [2.05, 4.69) is 22.0 Å². The highest BCUT2D eigenvalue weighted by atomic mass is 79.9. The standard InChI is InChI=1S/C17H14BrNO4/c1-20-15-6-11(9-19)2-3-14(15)23-10-12-7-16-17(8-13(12)18)22-5-4-21-16/h2-3,6-8H,4-5,10H2,1H3. The van der Waals surface area contributed by atoms with Gasteiger partial charge in [-0.3, -0.25) is 0 Å². The molecule has 0 amide bonds. The molecule has 5 nitrogen and oxygen atoms in total. The first-order valence-electron chi connectivity index (χ1n) is 7.00. The summed E-state index contributed by atoms with van der Waals surface area (Å²) in [6.45, 7) is 1.43. The SMILES string of the molecule is COc1cc(C#N)ccc1OCc1cc2c(cc1Br)OCCO2. The molecule has 0 aromatic heterocycles. The summed E-state index contributed by atoms with van der Waals surface area (Å²) in [7, 11) is 1.54. The monoisotopic (exact) mass is 375 g/mol. The number of nitriles is 1. The van der Waals surface area contributed by atoms with E-state index in [-0.39, 0.29) is 0 Å². The van der Waals surface area contributed by atoms with Gasteiger partial charge in [-0.05, 0) is 24.3 Å². The van der Waals surface area contributed by atoms with Crippen LogP contribution in [0.1, 0.15) is 11.1 Å². The molecule has 0 spiro atoms. The first-order valence-corrected chi connectivity index (χ1v) is 7.79. The van der Waals surface area contributed by atoms with Crippen molar-refractivity contribution in [1.29, 1.82) is 5.26 Å². The minimum atomic E-state index is 0.333. The summed E-state index contributed by atoms with van der Waals surface area (Å²) in [5, 5.41) is 8.93. The molecule has 0 saturated heterocycles. The van der Waals surface area contributed by atoms with Crippen LogP contribution < -0.4 is 18.9 Å². The number of ether oxygens (including phenoxy) is 4. The molecule has 2 aromatic carbocycles. The van der Waals surface area contributed by atoms with E-state index in [4.69, 9.17) is 24.2 Å². The van der Waals surface area contributed by atoms with Crippen molar-refractivity contribution in [1.82, 2.24) is 0 Å². The fraction of sp³-hybridized carbons (Fsp3) is 0.235. The van der Waals surface area contributed by atoms with Gasteiger partial charge in [0.1, 0.15) is 19.8 Å². The Balaban J connectivity index is 1.80. The van der Waals surface area contributed by atoms with E-state index < -0.39 is 0 Å². The molecular weight excluding hydrogens is 362 g/mol. The van der Waals surface area contributed by atoms with Crippen LogP contribution in [-0.4, -0.2) is 20.3 Å². The lowest BCUT2D eigenvalue weighted by atomic mass is 10.2. The maximum atomic E-state index is 8.93. The predicted octanol–water partition coefficient (Wildman–Crippen LogP) is 3.68. The van der Waals surface area contributed by atoms with Gasteiger partial charge in [-0.15, -0.1) is 0 Å².